The number of carbonyl (C=O) groups excluding carboxylic acids is 2. The van der Waals surface area contributed by atoms with Crippen molar-refractivity contribution < 1.29 is 34.8 Å². The van der Waals surface area contributed by atoms with Crippen LogP contribution >= 0.6 is 0 Å². The Bertz CT molecular complexity index is 1140. The summed E-state index contributed by atoms with van der Waals surface area (Å²) in [6.45, 7) is 6.69. The fraction of sp³-hybridized carbons (Fsp3) is 0.571. The molecule has 7 nitrogen and oxygen atoms in total. The van der Waals surface area contributed by atoms with Crippen molar-refractivity contribution >= 4 is 11.8 Å². The van der Waals surface area contributed by atoms with Crippen molar-refractivity contribution in [2.45, 2.75) is 63.4 Å². The van der Waals surface area contributed by atoms with Crippen molar-refractivity contribution in [3.05, 3.63) is 59.2 Å². The fourth-order valence-electron chi connectivity index (χ4n) is 7.55. The zero-order valence-electron chi connectivity index (χ0n) is 20.6. The molecule has 1 aromatic rings. The molecule has 0 aromatic heterocycles. The number of aliphatic hydroxyl groups is 4. The predicted molar refractivity (Wildman–Crippen MR) is 127 cm³/mol. The number of ketones is 1. The molecule has 0 radical (unpaired) electrons. The molecule has 4 aliphatic rings. The predicted octanol–water partition coefficient (Wildman–Crippen LogP) is 1.72. The maximum atomic E-state index is 13.1. The van der Waals surface area contributed by atoms with Crippen LogP contribution in [-0.4, -0.2) is 61.7 Å². The summed E-state index contributed by atoms with van der Waals surface area (Å²) in [5.41, 5.74) is -4.15. The average Bonchev–Trinajstić information content (AvgIpc) is 3.20. The van der Waals surface area contributed by atoms with Gasteiger partial charge in [0, 0.05) is 35.5 Å². The van der Waals surface area contributed by atoms with E-state index >= 15 is 0 Å². The third kappa shape index (κ3) is 3.05. The lowest BCUT2D eigenvalue weighted by Gasteiger charge is -2.52. The molecule has 2 saturated carbocycles. The molecule has 2 fully saturated rings. The Morgan fingerprint density at radius 2 is 1.77 bits per heavy atom. The minimum absolute atomic E-state index is 0.0204. The van der Waals surface area contributed by atoms with Crippen LogP contribution in [0.4, 0.5) is 0 Å². The molecule has 0 aliphatic heterocycles. The first-order valence-electron chi connectivity index (χ1n) is 12.3. The van der Waals surface area contributed by atoms with Crippen LogP contribution < -0.4 is 0 Å². The molecular formula is C28H34O7. The summed E-state index contributed by atoms with van der Waals surface area (Å²) in [5, 5.41) is 46.0. The van der Waals surface area contributed by atoms with E-state index in [9.17, 15) is 30.0 Å². The Hall–Kier alpha value is -2.32. The van der Waals surface area contributed by atoms with Crippen LogP contribution in [0.1, 0.15) is 39.7 Å². The maximum Gasteiger partial charge on any atom is 0.310 e. The number of fused-ring (bicyclic) bond motifs is 5. The molecule has 4 aliphatic carbocycles. The molecular weight excluding hydrogens is 448 g/mol. The van der Waals surface area contributed by atoms with Gasteiger partial charge in [0.25, 0.3) is 0 Å². The number of aliphatic hydroxyl groups excluding tert-OH is 1. The van der Waals surface area contributed by atoms with Gasteiger partial charge in [-0.05, 0) is 23.6 Å². The molecule has 0 spiro atoms. The van der Waals surface area contributed by atoms with Gasteiger partial charge in [-0.15, -0.1) is 0 Å². The summed E-state index contributed by atoms with van der Waals surface area (Å²) < 4.78 is 5.94. The zero-order chi connectivity index (χ0) is 25.6. The lowest BCUT2D eigenvalue weighted by atomic mass is 9.59. The average molecular weight is 483 g/mol. The molecule has 5 rings (SSSR count). The van der Waals surface area contributed by atoms with Crippen LogP contribution in [0.3, 0.4) is 0 Å². The monoisotopic (exact) mass is 482 g/mol. The highest BCUT2D eigenvalue weighted by Gasteiger charge is 2.85. The minimum Gasteiger partial charge on any atom is -0.459 e. The van der Waals surface area contributed by atoms with Gasteiger partial charge in [0.1, 0.15) is 17.3 Å². The molecule has 8 atom stereocenters. The van der Waals surface area contributed by atoms with Crippen molar-refractivity contribution in [3.63, 3.8) is 0 Å². The highest BCUT2D eigenvalue weighted by atomic mass is 16.6. The van der Waals surface area contributed by atoms with E-state index in [1.165, 1.54) is 0 Å². The van der Waals surface area contributed by atoms with Crippen molar-refractivity contribution in [2.75, 3.05) is 6.61 Å². The Balaban J connectivity index is 1.59. The quantitative estimate of drug-likeness (QED) is 0.381. The van der Waals surface area contributed by atoms with Crippen LogP contribution in [-0.2, 0) is 20.7 Å². The standard InChI is InChI=1S/C28H34O7/c1-15-10-20-26(32,23(15)31)13-18(14-29)11-19-22-25(3,4)28(22,34)24(16(2)27(19,20)33)35-21(30)12-17-8-6-5-7-9-17/h5-11,16,19-20,22,24,29,32-34H,12-14H2,1-4H3/t16-,19+,20-,22+,24-,26-,27-,28-/m1/s1. The molecule has 188 valence electrons. The lowest BCUT2D eigenvalue weighted by Crippen LogP contribution is -2.65. The number of ether oxygens (including phenoxy) is 1. The third-order valence-corrected chi connectivity index (χ3v) is 9.46. The number of benzene rings is 1. The number of Topliss-reactive ketones (excluding diaryl/α,β-unsaturated/α-hetero) is 1. The van der Waals surface area contributed by atoms with Crippen LogP contribution in [0, 0.1) is 29.1 Å². The smallest absolute Gasteiger partial charge is 0.310 e. The molecule has 0 bridgehead atoms. The second-order valence-electron chi connectivity index (χ2n) is 11.5. The van der Waals surface area contributed by atoms with E-state index < -0.39 is 63.7 Å². The van der Waals surface area contributed by atoms with Gasteiger partial charge in [-0.1, -0.05) is 63.3 Å². The summed E-state index contributed by atoms with van der Waals surface area (Å²) in [7, 11) is 0. The Labute approximate surface area is 205 Å². The highest BCUT2D eigenvalue weighted by Crippen LogP contribution is 2.75. The van der Waals surface area contributed by atoms with Gasteiger partial charge >= 0.3 is 5.97 Å². The van der Waals surface area contributed by atoms with Crippen molar-refractivity contribution in [1.29, 1.82) is 0 Å². The first kappa shape index (κ1) is 24.4. The molecule has 0 saturated heterocycles. The second kappa shape index (κ2) is 7.59. The Kier molecular flexibility index (Phi) is 5.29. The summed E-state index contributed by atoms with van der Waals surface area (Å²) in [6, 6.07) is 9.15. The van der Waals surface area contributed by atoms with Gasteiger partial charge < -0.3 is 25.2 Å². The van der Waals surface area contributed by atoms with Crippen LogP contribution in [0.25, 0.3) is 0 Å². The van der Waals surface area contributed by atoms with Gasteiger partial charge in [0.2, 0.25) is 0 Å². The van der Waals surface area contributed by atoms with E-state index in [1.54, 1.807) is 26.0 Å². The summed E-state index contributed by atoms with van der Waals surface area (Å²) in [4.78, 5) is 26.1. The molecule has 0 heterocycles. The number of esters is 1. The maximum absolute atomic E-state index is 13.1. The van der Waals surface area contributed by atoms with E-state index in [0.717, 1.165) is 5.56 Å². The van der Waals surface area contributed by atoms with Crippen molar-refractivity contribution in [2.24, 2.45) is 29.1 Å². The largest absolute Gasteiger partial charge is 0.459 e. The van der Waals surface area contributed by atoms with E-state index in [-0.39, 0.29) is 19.4 Å². The van der Waals surface area contributed by atoms with E-state index in [0.29, 0.717) is 11.1 Å². The van der Waals surface area contributed by atoms with Crippen LogP contribution in [0.2, 0.25) is 0 Å². The van der Waals surface area contributed by atoms with Gasteiger partial charge in [-0.25, -0.2) is 0 Å². The second-order valence-corrected chi connectivity index (χ2v) is 11.5. The number of hydrogen-bond donors (Lipinski definition) is 4. The van der Waals surface area contributed by atoms with Gasteiger partial charge in [-0.2, -0.15) is 0 Å². The molecule has 4 N–H and O–H groups in total. The Morgan fingerprint density at radius 1 is 1.11 bits per heavy atom. The Morgan fingerprint density at radius 3 is 2.40 bits per heavy atom. The van der Waals surface area contributed by atoms with E-state index in [4.69, 9.17) is 4.74 Å². The number of rotatable bonds is 4. The van der Waals surface area contributed by atoms with Crippen molar-refractivity contribution in [3.8, 4) is 0 Å². The molecule has 7 heteroatoms. The van der Waals surface area contributed by atoms with Gasteiger partial charge in [0.15, 0.2) is 5.78 Å². The molecule has 0 amide bonds. The summed E-state index contributed by atoms with van der Waals surface area (Å²) in [5.74, 6) is -3.93. The fourth-order valence-corrected chi connectivity index (χ4v) is 7.55. The zero-order valence-corrected chi connectivity index (χ0v) is 20.6. The van der Waals surface area contributed by atoms with Crippen molar-refractivity contribution in [1.82, 2.24) is 0 Å². The highest BCUT2D eigenvalue weighted by molar-refractivity contribution is 6.04. The lowest BCUT2D eigenvalue weighted by molar-refractivity contribution is -0.220. The number of hydrogen-bond acceptors (Lipinski definition) is 7. The molecule has 0 unspecified atom stereocenters. The third-order valence-electron chi connectivity index (χ3n) is 9.46. The molecule has 35 heavy (non-hydrogen) atoms. The molecule has 1 aromatic carbocycles. The summed E-state index contributed by atoms with van der Waals surface area (Å²) >= 11 is 0. The SMILES string of the molecule is CC1=C[C@H]2[C@@]3(O)[C@H](C)[C@@H](OC(=O)Cc4ccccc4)[C@]4(O)[C@@H]([C@@H]3C=C(CO)C[C@]2(O)C1=O)C4(C)C. The summed E-state index contributed by atoms with van der Waals surface area (Å²) in [6.07, 6.45) is 2.22. The number of carbonyl (C=O) groups is 2. The van der Waals surface area contributed by atoms with Gasteiger partial charge in [0.05, 0.1) is 18.6 Å². The van der Waals surface area contributed by atoms with E-state index in [1.807, 2.05) is 44.2 Å². The first-order chi connectivity index (χ1) is 16.3. The van der Waals surface area contributed by atoms with Gasteiger partial charge in [-0.3, -0.25) is 9.59 Å². The van der Waals surface area contributed by atoms with Crippen LogP contribution in [0.15, 0.2) is 53.6 Å². The first-order valence-corrected chi connectivity index (χ1v) is 12.3. The minimum atomic E-state index is -1.91. The normalized spacial score (nSPS) is 43.2. The van der Waals surface area contributed by atoms with Crippen LogP contribution in [0.5, 0.6) is 0 Å². The van der Waals surface area contributed by atoms with E-state index in [2.05, 4.69) is 0 Å². The topological polar surface area (TPSA) is 124 Å².